The lowest BCUT2D eigenvalue weighted by molar-refractivity contribution is -0.124. The summed E-state index contributed by atoms with van der Waals surface area (Å²) in [6.45, 7) is -0.413. The summed E-state index contributed by atoms with van der Waals surface area (Å²) in [4.78, 5) is 24.7. The van der Waals surface area contributed by atoms with Crippen molar-refractivity contribution < 1.29 is 19.1 Å². The van der Waals surface area contributed by atoms with E-state index in [1.807, 2.05) is 54.6 Å². The number of halogens is 1. The van der Waals surface area contributed by atoms with E-state index < -0.39 is 24.5 Å². The van der Waals surface area contributed by atoms with E-state index in [0.717, 1.165) is 16.9 Å². The van der Waals surface area contributed by atoms with Crippen molar-refractivity contribution in [2.24, 2.45) is 0 Å². The molecule has 0 aliphatic rings. The first-order valence-electron chi connectivity index (χ1n) is 8.98. The lowest BCUT2D eigenvalue weighted by Gasteiger charge is -2.20. The van der Waals surface area contributed by atoms with Crippen molar-refractivity contribution in [2.45, 2.75) is 6.04 Å². The maximum atomic E-state index is 12.5. The zero-order valence-corrected chi connectivity index (χ0v) is 16.6. The number of nitrogens with one attached hydrogen (secondary N) is 1. The van der Waals surface area contributed by atoms with Crippen molar-refractivity contribution >= 4 is 23.5 Å². The molecule has 0 radical (unpaired) electrons. The number of benzene rings is 3. The molecule has 0 aliphatic heterocycles. The summed E-state index contributed by atoms with van der Waals surface area (Å²) in [6, 6.07) is 23.1. The van der Waals surface area contributed by atoms with Gasteiger partial charge >= 0.3 is 5.97 Å². The predicted molar refractivity (Wildman–Crippen MR) is 111 cm³/mol. The van der Waals surface area contributed by atoms with Gasteiger partial charge in [0.1, 0.15) is 5.75 Å². The monoisotopic (exact) mass is 409 g/mol. The molecule has 0 unspecified atom stereocenters. The molecule has 5 nitrogen and oxygen atoms in total. The lowest BCUT2D eigenvalue weighted by atomic mass is 9.98. The third-order valence-corrected chi connectivity index (χ3v) is 4.65. The largest absolute Gasteiger partial charge is 0.497 e. The molecule has 6 heteroatoms. The Morgan fingerprint density at radius 2 is 1.52 bits per heavy atom. The zero-order valence-electron chi connectivity index (χ0n) is 15.8. The van der Waals surface area contributed by atoms with Crippen LogP contribution in [0, 0.1) is 0 Å². The van der Waals surface area contributed by atoms with E-state index in [-0.39, 0.29) is 10.6 Å². The molecule has 0 saturated heterocycles. The van der Waals surface area contributed by atoms with Crippen molar-refractivity contribution in [3.8, 4) is 5.75 Å². The van der Waals surface area contributed by atoms with Crippen LogP contribution in [0.2, 0.25) is 5.02 Å². The number of methoxy groups -OCH3 is 1. The Hall–Kier alpha value is -3.31. The first-order chi connectivity index (χ1) is 14.1. The zero-order chi connectivity index (χ0) is 20.6. The van der Waals surface area contributed by atoms with Gasteiger partial charge in [0.05, 0.1) is 23.7 Å². The molecule has 148 valence electrons. The van der Waals surface area contributed by atoms with Gasteiger partial charge in [-0.3, -0.25) is 4.79 Å². The molecule has 0 fully saturated rings. The number of amides is 1. The minimum Gasteiger partial charge on any atom is -0.497 e. The van der Waals surface area contributed by atoms with Crippen LogP contribution in [0.3, 0.4) is 0 Å². The van der Waals surface area contributed by atoms with Crippen molar-refractivity contribution in [3.05, 3.63) is 101 Å². The lowest BCUT2D eigenvalue weighted by Crippen LogP contribution is -2.33. The number of hydrogen-bond donors (Lipinski definition) is 1. The minimum atomic E-state index is -0.647. The van der Waals surface area contributed by atoms with Gasteiger partial charge < -0.3 is 14.8 Å². The molecule has 29 heavy (non-hydrogen) atoms. The summed E-state index contributed by atoms with van der Waals surface area (Å²) >= 11 is 5.99. The summed E-state index contributed by atoms with van der Waals surface area (Å²) in [6.07, 6.45) is 0. The van der Waals surface area contributed by atoms with Gasteiger partial charge in [0.25, 0.3) is 5.91 Å². The highest BCUT2D eigenvalue weighted by molar-refractivity contribution is 6.33. The second-order valence-electron chi connectivity index (χ2n) is 6.24. The van der Waals surface area contributed by atoms with Crippen LogP contribution in [0.5, 0.6) is 5.75 Å². The standard InChI is InChI=1S/C23H20ClNO4/c1-28-18-13-11-17(12-14-18)22(16-7-3-2-4-8-16)25-21(26)15-29-23(27)19-9-5-6-10-20(19)24/h2-14,22H,15H2,1H3,(H,25,26)/t22-/m1/s1. The molecule has 1 amide bonds. The topological polar surface area (TPSA) is 64.6 Å². The SMILES string of the molecule is COc1ccc([C@H](NC(=O)COC(=O)c2ccccc2Cl)c2ccccc2)cc1. The third-order valence-electron chi connectivity index (χ3n) is 4.32. The molecule has 1 atom stereocenters. The summed E-state index contributed by atoms with van der Waals surface area (Å²) in [5.74, 6) is -0.345. The molecule has 0 spiro atoms. The van der Waals surface area contributed by atoms with Gasteiger partial charge in [-0.1, -0.05) is 66.2 Å². The highest BCUT2D eigenvalue weighted by atomic mass is 35.5. The number of rotatable bonds is 7. The molecule has 0 aromatic heterocycles. The van der Waals surface area contributed by atoms with Crippen LogP contribution in [-0.4, -0.2) is 25.6 Å². The summed E-state index contributed by atoms with van der Waals surface area (Å²) < 4.78 is 10.3. The van der Waals surface area contributed by atoms with Gasteiger partial charge in [0.15, 0.2) is 6.61 Å². The molecular weight excluding hydrogens is 390 g/mol. The Morgan fingerprint density at radius 1 is 0.897 bits per heavy atom. The van der Waals surface area contributed by atoms with Crippen molar-refractivity contribution in [1.29, 1.82) is 0 Å². The van der Waals surface area contributed by atoms with Crippen molar-refractivity contribution in [1.82, 2.24) is 5.32 Å². The van der Waals surface area contributed by atoms with Gasteiger partial charge in [0, 0.05) is 0 Å². The number of ether oxygens (including phenoxy) is 2. The molecule has 0 bridgehead atoms. The van der Waals surface area contributed by atoms with Crippen LogP contribution < -0.4 is 10.1 Å². The quantitative estimate of drug-likeness (QED) is 0.587. The molecule has 1 N–H and O–H groups in total. The predicted octanol–water partition coefficient (Wildman–Crippen LogP) is 4.41. The highest BCUT2D eigenvalue weighted by Gasteiger charge is 2.19. The molecular formula is C23H20ClNO4. The van der Waals surface area contributed by atoms with E-state index in [2.05, 4.69) is 5.32 Å². The van der Waals surface area contributed by atoms with Crippen molar-refractivity contribution in [3.63, 3.8) is 0 Å². The Bertz CT molecular complexity index is 974. The van der Waals surface area contributed by atoms with Gasteiger partial charge in [-0.2, -0.15) is 0 Å². The van der Waals surface area contributed by atoms with E-state index in [1.165, 1.54) is 0 Å². The van der Waals surface area contributed by atoms with Crippen LogP contribution in [0.25, 0.3) is 0 Å². The fourth-order valence-electron chi connectivity index (χ4n) is 2.84. The van der Waals surface area contributed by atoms with E-state index in [9.17, 15) is 9.59 Å². The minimum absolute atomic E-state index is 0.219. The normalized spacial score (nSPS) is 11.4. The molecule has 0 aliphatic carbocycles. The summed E-state index contributed by atoms with van der Waals surface area (Å²) in [7, 11) is 1.60. The number of carbonyl (C=O) groups excluding carboxylic acids is 2. The smallest absolute Gasteiger partial charge is 0.340 e. The second kappa shape index (κ2) is 9.75. The number of hydrogen-bond acceptors (Lipinski definition) is 4. The molecule has 3 aromatic carbocycles. The molecule has 3 aromatic rings. The van der Waals surface area contributed by atoms with E-state index in [1.54, 1.807) is 31.4 Å². The van der Waals surface area contributed by atoms with Crippen LogP contribution >= 0.6 is 11.6 Å². The molecule has 3 rings (SSSR count). The van der Waals surface area contributed by atoms with E-state index in [0.29, 0.717) is 0 Å². The summed E-state index contributed by atoms with van der Waals surface area (Å²) in [5.41, 5.74) is 2.00. The summed E-state index contributed by atoms with van der Waals surface area (Å²) in [5, 5.41) is 3.19. The maximum absolute atomic E-state index is 12.5. The van der Waals surface area contributed by atoms with Gasteiger partial charge in [-0.05, 0) is 35.4 Å². The first-order valence-corrected chi connectivity index (χ1v) is 9.36. The van der Waals surface area contributed by atoms with E-state index in [4.69, 9.17) is 21.1 Å². The first kappa shape index (κ1) is 20.4. The Balaban J connectivity index is 1.71. The van der Waals surface area contributed by atoms with Crippen molar-refractivity contribution in [2.75, 3.05) is 13.7 Å². The Kier molecular flexibility index (Phi) is 6.87. The molecule has 0 heterocycles. The third kappa shape index (κ3) is 5.36. The van der Waals surface area contributed by atoms with Gasteiger partial charge in [0.2, 0.25) is 0 Å². The van der Waals surface area contributed by atoms with E-state index >= 15 is 0 Å². The number of esters is 1. The van der Waals surface area contributed by atoms with Gasteiger partial charge in [-0.25, -0.2) is 4.79 Å². The van der Waals surface area contributed by atoms with Crippen LogP contribution in [0.4, 0.5) is 0 Å². The fourth-order valence-corrected chi connectivity index (χ4v) is 3.05. The number of carbonyl (C=O) groups is 2. The van der Waals surface area contributed by atoms with Crippen LogP contribution in [0.1, 0.15) is 27.5 Å². The molecule has 0 saturated carbocycles. The average Bonchev–Trinajstić information content (AvgIpc) is 2.77. The average molecular weight is 410 g/mol. The Morgan fingerprint density at radius 3 is 2.17 bits per heavy atom. The highest BCUT2D eigenvalue weighted by Crippen LogP contribution is 2.24. The maximum Gasteiger partial charge on any atom is 0.340 e. The fraction of sp³-hybridized carbons (Fsp3) is 0.130. The van der Waals surface area contributed by atoms with Crippen LogP contribution in [0.15, 0.2) is 78.9 Å². The Labute approximate surface area is 174 Å². The van der Waals surface area contributed by atoms with Gasteiger partial charge in [-0.15, -0.1) is 0 Å². The van der Waals surface area contributed by atoms with Crippen LogP contribution in [-0.2, 0) is 9.53 Å². The second-order valence-corrected chi connectivity index (χ2v) is 6.65.